The van der Waals surface area contributed by atoms with E-state index in [9.17, 15) is 4.79 Å². The SMILES string of the molecule is Cn1cncc1[C@@](N)(c1ccc(Cl)cc1)c1ccc2c(n1)c(-c1cccc(Cl)n1)cc(=O)n2C. The van der Waals surface area contributed by atoms with Gasteiger partial charge in [0.25, 0.3) is 5.56 Å². The van der Waals surface area contributed by atoms with E-state index in [2.05, 4.69) is 9.97 Å². The summed E-state index contributed by atoms with van der Waals surface area (Å²) in [5, 5.41) is 0.929. The zero-order valence-electron chi connectivity index (χ0n) is 18.4. The van der Waals surface area contributed by atoms with Crippen LogP contribution in [0.25, 0.3) is 22.3 Å². The number of imidazole rings is 1. The fourth-order valence-corrected chi connectivity index (χ4v) is 4.47. The Bertz CT molecular complexity index is 1590. The number of aromatic nitrogens is 5. The molecule has 9 heteroatoms. The second kappa shape index (κ2) is 8.36. The smallest absolute Gasteiger partial charge is 0.251 e. The van der Waals surface area contributed by atoms with Crippen LogP contribution in [0.5, 0.6) is 0 Å². The van der Waals surface area contributed by atoms with Gasteiger partial charge in [-0.05, 0) is 42.0 Å². The molecule has 4 aromatic heterocycles. The molecule has 1 aromatic carbocycles. The lowest BCUT2D eigenvalue weighted by Crippen LogP contribution is -2.41. The van der Waals surface area contributed by atoms with E-state index in [0.29, 0.717) is 38.2 Å². The first-order valence-corrected chi connectivity index (χ1v) is 11.2. The molecule has 5 aromatic rings. The third-order valence-corrected chi connectivity index (χ3v) is 6.47. The van der Waals surface area contributed by atoms with Crippen molar-refractivity contribution in [3.8, 4) is 11.3 Å². The number of rotatable bonds is 4. The lowest BCUT2D eigenvalue weighted by atomic mass is 9.84. The van der Waals surface area contributed by atoms with Crippen molar-refractivity contribution in [2.24, 2.45) is 19.8 Å². The van der Waals surface area contributed by atoms with Gasteiger partial charge in [-0.2, -0.15) is 0 Å². The van der Waals surface area contributed by atoms with E-state index in [0.717, 1.165) is 11.3 Å². The molecule has 0 bridgehead atoms. The fraction of sp³-hybridized carbons (Fsp3) is 0.120. The average Bonchev–Trinajstić information content (AvgIpc) is 3.27. The van der Waals surface area contributed by atoms with Crippen LogP contribution in [-0.2, 0) is 19.6 Å². The summed E-state index contributed by atoms with van der Waals surface area (Å²) in [6.07, 6.45) is 3.42. The van der Waals surface area contributed by atoms with Gasteiger partial charge in [0, 0.05) is 30.7 Å². The predicted octanol–water partition coefficient (Wildman–Crippen LogP) is 4.29. The summed E-state index contributed by atoms with van der Waals surface area (Å²) in [7, 11) is 3.59. The Balaban J connectivity index is 1.84. The van der Waals surface area contributed by atoms with Gasteiger partial charge in [0.2, 0.25) is 0 Å². The van der Waals surface area contributed by atoms with E-state index in [1.165, 1.54) is 6.07 Å². The summed E-state index contributed by atoms with van der Waals surface area (Å²) in [6.45, 7) is 0. The number of aryl methyl sites for hydroxylation is 2. The van der Waals surface area contributed by atoms with Crippen molar-refractivity contribution in [2.75, 3.05) is 0 Å². The Morgan fingerprint density at radius 3 is 2.41 bits per heavy atom. The van der Waals surface area contributed by atoms with Gasteiger partial charge in [0.1, 0.15) is 10.7 Å². The van der Waals surface area contributed by atoms with Gasteiger partial charge in [-0.25, -0.2) is 15.0 Å². The molecule has 0 unspecified atom stereocenters. The number of fused-ring (bicyclic) bond motifs is 1. The van der Waals surface area contributed by atoms with Gasteiger partial charge in [-0.3, -0.25) is 4.79 Å². The maximum Gasteiger partial charge on any atom is 0.251 e. The molecule has 0 aliphatic heterocycles. The minimum Gasteiger partial charge on any atom is -0.335 e. The second-order valence-electron chi connectivity index (χ2n) is 8.07. The normalized spacial score (nSPS) is 13.2. The van der Waals surface area contributed by atoms with Crippen molar-refractivity contribution >= 4 is 34.2 Å². The van der Waals surface area contributed by atoms with Gasteiger partial charge < -0.3 is 14.9 Å². The number of benzene rings is 1. The number of halogens is 2. The lowest BCUT2D eigenvalue weighted by molar-refractivity contribution is 0.580. The van der Waals surface area contributed by atoms with Gasteiger partial charge >= 0.3 is 0 Å². The summed E-state index contributed by atoms with van der Waals surface area (Å²) in [5.41, 5.74) is 10.3. The first-order valence-electron chi connectivity index (χ1n) is 10.4. The average molecular weight is 491 g/mol. The standard InChI is InChI=1S/C25H20Cl2N6O/c1-32-14-29-13-21(32)25(28,15-6-8-16(26)9-7-15)20-11-10-19-24(31-20)17(12-23(34)33(19)2)18-4-3-5-22(27)30-18/h3-14H,28H2,1-2H3/t25-/m1/s1. The molecule has 34 heavy (non-hydrogen) atoms. The third kappa shape index (κ3) is 3.58. The molecular formula is C25H20Cl2N6O. The van der Waals surface area contributed by atoms with Crippen molar-refractivity contribution in [3.63, 3.8) is 0 Å². The van der Waals surface area contributed by atoms with Gasteiger partial charge in [-0.1, -0.05) is 41.4 Å². The Hall–Kier alpha value is -3.52. The van der Waals surface area contributed by atoms with Crippen molar-refractivity contribution in [1.82, 2.24) is 24.1 Å². The van der Waals surface area contributed by atoms with Gasteiger partial charge in [0.15, 0.2) is 0 Å². The van der Waals surface area contributed by atoms with Gasteiger partial charge in [0.05, 0.1) is 40.6 Å². The number of pyridine rings is 3. The van der Waals surface area contributed by atoms with Crippen molar-refractivity contribution in [3.05, 3.63) is 111 Å². The molecule has 0 saturated heterocycles. The van der Waals surface area contributed by atoms with Gasteiger partial charge in [-0.15, -0.1) is 0 Å². The molecule has 0 spiro atoms. The van der Waals surface area contributed by atoms with E-state index in [1.807, 2.05) is 35.9 Å². The Morgan fingerprint density at radius 1 is 0.971 bits per heavy atom. The number of nitrogens with zero attached hydrogens (tertiary/aromatic N) is 5. The molecule has 0 saturated carbocycles. The van der Waals surface area contributed by atoms with Crippen LogP contribution in [0.15, 0.2) is 78.0 Å². The monoisotopic (exact) mass is 490 g/mol. The maximum atomic E-state index is 12.7. The summed E-state index contributed by atoms with van der Waals surface area (Å²) < 4.78 is 3.41. The fourth-order valence-electron chi connectivity index (χ4n) is 4.18. The van der Waals surface area contributed by atoms with Crippen LogP contribution in [0.3, 0.4) is 0 Å². The zero-order valence-corrected chi connectivity index (χ0v) is 19.9. The van der Waals surface area contributed by atoms with Crippen LogP contribution in [-0.4, -0.2) is 24.1 Å². The molecular weight excluding hydrogens is 471 g/mol. The summed E-state index contributed by atoms with van der Waals surface area (Å²) in [5.74, 6) is 0. The largest absolute Gasteiger partial charge is 0.335 e. The van der Waals surface area contributed by atoms with E-state index < -0.39 is 5.54 Å². The predicted molar refractivity (Wildman–Crippen MR) is 134 cm³/mol. The second-order valence-corrected chi connectivity index (χ2v) is 8.89. The molecule has 0 aliphatic carbocycles. The minimum atomic E-state index is -1.14. The van der Waals surface area contributed by atoms with Crippen LogP contribution in [0, 0.1) is 0 Å². The van der Waals surface area contributed by atoms with Crippen LogP contribution in [0.1, 0.15) is 17.0 Å². The summed E-state index contributed by atoms with van der Waals surface area (Å²) in [4.78, 5) is 26.4. The molecule has 170 valence electrons. The molecule has 7 nitrogen and oxygen atoms in total. The first kappa shape index (κ1) is 22.3. The topological polar surface area (TPSA) is 91.6 Å². The molecule has 2 N–H and O–H groups in total. The highest BCUT2D eigenvalue weighted by molar-refractivity contribution is 6.30. The molecule has 0 aliphatic rings. The molecule has 4 heterocycles. The molecule has 0 fully saturated rings. The quantitative estimate of drug-likeness (QED) is 0.379. The van der Waals surface area contributed by atoms with E-state index in [4.69, 9.17) is 33.9 Å². The highest BCUT2D eigenvalue weighted by Crippen LogP contribution is 2.35. The van der Waals surface area contributed by atoms with Crippen LogP contribution >= 0.6 is 23.2 Å². The highest BCUT2D eigenvalue weighted by atomic mass is 35.5. The first-order chi connectivity index (χ1) is 16.3. The molecule has 1 atom stereocenters. The van der Waals surface area contributed by atoms with Crippen LogP contribution in [0.4, 0.5) is 0 Å². The van der Waals surface area contributed by atoms with Crippen LogP contribution in [0.2, 0.25) is 10.2 Å². The van der Waals surface area contributed by atoms with E-state index in [-0.39, 0.29) is 5.56 Å². The third-order valence-electron chi connectivity index (χ3n) is 6.00. The maximum absolute atomic E-state index is 12.7. The highest BCUT2D eigenvalue weighted by Gasteiger charge is 2.36. The number of nitrogens with two attached hydrogens (primary N) is 1. The number of hydrogen-bond donors (Lipinski definition) is 1. The Morgan fingerprint density at radius 2 is 1.74 bits per heavy atom. The lowest BCUT2D eigenvalue weighted by Gasteiger charge is -2.30. The van der Waals surface area contributed by atoms with Crippen molar-refractivity contribution in [2.45, 2.75) is 5.54 Å². The molecule has 0 amide bonds. The van der Waals surface area contributed by atoms with Crippen molar-refractivity contribution < 1.29 is 0 Å². The number of hydrogen-bond acceptors (Lipinski definition) is 5. The molecule has 0 radical (unpaired) electrons. The zero-order chi connectivity index (χ0) is 24.0. The molecule has 5 rings (SSSR count). The van der Waals surface area contributed by atoms with E-state index in [1.54, 1.807) is 54.5 Å². The Kier molecular flexibility index (Phi) is 5.48. The van der Waals surface area contributed by atoms with Crippen molar-refractivity contribution in [1.29, 1.82) is 0 Å². The van der Waals surface area contributed by atoms with E-state index >= 15 is 0 Å². The summed E-state index contributed by atoms with van der Waals surface area (Å²) >= 11 is 12.3. The minimum absolute atomic E-state index is 0.179. The Labute approximate surface area is 205 Å². The summed E-state index contributed by atoms with van der Waals surface area (Å²) in [6, 6.07) is 17.8. The van der Waals surface area contributed by atoms with Crippen LogP contribution < -0.4 is 11.3 Å².